The van der Waals surface area contributed by atoms with Gasteiger partial charge in [0.25, 0.3) is 0 Å². The highest BCUT2D eigenvalue weighted by Crippen LogP contribution is 2.12. The third-order valence-electron chi connectivity index (χ3n) is 5.21. The van der Waals surface area contributed by atoms with Gasteiger partial charge in [0.15, 0.2) is 0 Å². The number of ether oxygens (including phenoxy) is 5. The smallest absolute Gasteiger partial charge is 0.333 e. The number of hydrogen-bond donors (Lipinski definition) is 5. The van der Waals surface area contributed by atoms with E-state index in [1.165, 1.54) is 0 Å². The Labute approximate surface area is 208 Å². The quantitative estimate of drug-likeness (QED) is 0.0804. The number of hydrogen-bond acceptors (Lipinski definition) is 11. The standard InChI is InChI=1S/C17H36O8.C7H10O3/c1-13(3-18)8-23-9-15(5-20)10-24-12-17(7-22)25-11-16(6-21)14(2)4-19;1-5(2)7(8)10-4-6-3-9-6/h13-22H,3-12H2,1-2H3;6H,1,3-4H2,2H3. The van der Waals surface area contributed by atoms with E-state index in [4.69, 9.17) is 33.9 Å². The molecule has 0 aromatic heterocycles. The van der Waals surface area contributed by atoms with E-state index in [1.807, 2.05) is 13.8 Å². The van der Waals surface area contributed by atoms with Crippen LogP contribution < -0.4 is 0 Å². The van der Waals surface area contributed by atoms with E-state index in [9.17, 15) is 20.1 Å². The van der Waals surface area contributed by atoms with Crippen molar-refractivity contribution >= 4 is 5.97 Å². The summed E-state index contributed by atoms with van der Waals surface area (Å²) in [4.78, 5) is 10.7. The topological polar surface area (TPSA) is 168 Å². The molecule has 0 aromatic carbocycles. The minimum atomic E-state index is -0.533. The Morgan fingerprint density at radius 1 is 0.914 bits per heavy atom. The van der Waals surface area contributed by atoms with E-state index < -0.39 is 6.10 Å². The second-order valence-corrected chi connectivity index (χ2v) is 8.99. The van der Waals surface area contributed by atoms with Gasteiger partial charge < -0.3 is 49.2 Å². The van der Waals surface area contributed by atoms with Gasteiger partial charge in [-0.1, -0.05) is 20.4 Å². The van der Waals surface area contributed by atoms with Gasteiger partial charge in [-0.05, 0) is 12.8 Å². The molecular formula is C24H46O11. The first-order chi connectivity index (χ1) is 16.7. The summed E-state index contributed by atoms with van der Waals surface area (Å²) in [5.74, 6) is -0.776. The zero-order valence-electron chi connectivity index (χ0n) is 21.3. The van der Waals surface area contributed by atoms with Gasteiger partial charge in [-0.15, -0.1) is 0 Å². The molecule has 0 bridgehead atoms. The number of aliphatic hydroxyl groups is 5. The van der Waals surface area contributed by atoms with Crippen molar-refractivity contribution in [2.75, 3.05) is 79.3 Å². The molecule has 0 amide bonds. The van der Waals surface area contributed by atoms with Crippen LogP contribution in [0.25, 0.3) is 0 Å². The predicted molar refractivity (Wildman–Crippen MR) is 128 cm³/mol. The summed E-state index contributed by atoms with van der Waals surface area (Å²) in [5, 5.41) is 46.0. The third kappa shape index (κ3) is 17.9. The predicted octanol–water partition coefficient (Wildman–Crippen LogP) is -0.625. The third-order valence-corrected chi connectivity index (χ3v) is 5.21. The highest BCUT2D eigenvalue weighted by Gasteiger charge is 2.24. The van der Waals surface area contributed by atoms with Gasteiger partial charge in [-0.25, -0.2) is 4.79 Å². The molecule has 0 spiro atoms. The molecule has 1 aliphatic heterocycles. The average molecular weight is 511 g/mol. The van der Waals surface area contributed by atoms with Crippen LogP contribution in [0.2, 0.25) is 0 Å². The summed E-state index contributed by atoms with van der Waals surface area (Å²) in [5.41, 5.74) is 0.431. The van der Waals surface area contributed by atoms with Crippen LogP contribution in [0.3, 0.4) is 0 Å². The SMILES string of the molecule is C=C(C)C(=O)OCC1CO1.CC(CO)COCC(CO)COCC(CO)OCC(CO)C(C)CO. The summed E-state index contributed by atoms with van der Waals surface area (Å²) < 4.78 is 26.1. The van der Waals surface area contributed by atoms with Crippen molar-refractivity contribution in [3.05, 3.63) is 12.2 Å². The fourth-order valence-corrected chi connectivity index (χ4v) is 2.42. The van der Waals surface area contributed by atoms with Crippen molar-refractivity contribution in [2.24, 2.45) is 23.7 Å². The molecule has 6 atom stereocenters. The van der Waals surface area contributed by atoms with Crippen LogP contribution >= 0.6 is 0 Å². The van der Waals surface area contributed by atoms with Crippen LogP contribution in [0.1, 0.15) is 20.8 Å². The first kappa shape index (κ1) is 33.8. The maximum atomic E-state index is 10.7. The van der Waals surface area contributed by atoms with Crippen molar-refractivity contribution in [2.45, 2.75) is 33.0 Å². The summed E-state index contributed by atoms with van der Waals surface area (Å²) >= 11 is 0. The first-order valence-corrected chi connectivity index (χ1v) is 12.0. The Morgan fingerprint density at radius 2 is 1.54 bits per heavy atom. The van der Waals surface area contributed by atoms with Crippen molar-refractivity contribution in [1.82, 2.24) is 0 Å². The van der Waals surface area contributed by atoms with Crippen LogP contribution in [0.5, 0.6) is 0 Å². The van der Waals surface area contributed by atoms with Crippen LogP contribution in [0.4, 0.5) is 0 Å². The van der Waals surface area contributed by atoms with Crippen molar-refractivity contribution in [3.8, 4) is 0 Å². The van der Waals surface area contributed by atoms with Gasteiger partial charge in [-0.2, -0.15) is 0 Å². The van der Waals surface area contributed by atoms with E-state index in [0.717, 1.165) is 0 Å². The first-order valence-electron chi connectivity index (χ1n) is 12.0. The largest absolute Gasteiger partial charge is 0.459 e. The number of carbonyl (C=O) groups excluding carboxylic acids is 1. The molecule has 5 N–H and O–H groups in total. The zero-order valence-corrected chi connectivity index (χ0v) is 21.3. The average Bonchev–Trinajstić information content (AvgIpc) is 3.69. The number of aliphatic hydroxyl groups excluding tert-OH is 5. The fraction of sp³-hybridized carbons (Fsp3) is 0.875. The lowest BCUT2D eigenvalue weighted by atomic mass is 9.97. The van der Waals surface area contributed by atoms with Crippen LogP contribution in [-0.4, -0.2) is 123 Å². The molecule has 11 heteroatoms. The second-order valence-electron chi connectivity index (χ2n) is 8.99. The van der Waals surface area contributed by atoms with E-state index in [-0.39, 0.29) is 88.6 Å². The van der Waals surface area contributed by atoms with Crippen LogP contribution in [0, 0.1) is 23.7 Å². The molecule has 0 aliphatic carbocycles. The zero-order chi connectivity index (χ0) is 26.6. The molecule has 6 unspecified atom stereocenters. The number of carbonyl (C=O) groups is 1. The Bertz CT molecular complexity index is 542. The van der Waals surface area contributed by atoms with Crippen molar-refractivity contribution in [3.63, 3.8) is 0 Å². The number of rotatable bonds is 20. The lowest BCUT2D eigenvalue weighted by molar-refractivity contribution is -0.139. The van der Waals surface area contributed by atoms with Gasteiger partial charge in [0.05, 0.1) is 52.9 Å². The van der Waals surface area contributed by atoms with Gasteiger partial charge in [0.2, 0.25) is 0 Å². The monoisotopic (exact) mass is 510 g/mol. The van der Waals surface area contributed by atoms with E-state index >= 15 is 0 Å². The summed E-state index contributed by atoms with van der Waals surface area (Å²) in [7, 11) is 0. The molecule has 0 aromatic rings. The molecule has 1 fully saturated rings. The fourth-order valence-electron chi connectivity index (χ4n) is 2.42. The minimum Gasteiger partial charge on any atom is -0.459 e. The van der Waals surface area contributed by atoms with Crippen molar-refractivity contribution in [1.29, 1.82) is 0 Å². The minimum absolute atomic E-state index is 0.0397. The second kappa shape index (κ2) is 21.0. The summed E-state index contributed by atoms with van der Waals surface area (Å²) in [6.07, 6.45) is -0.391. The lowest BCUT2D eigenvalue weighted by Crippen LogP contribution is -2.32. The van der Waals surface area contributed by atoms with Gasteiger partial charge in [-0.3, -0.25) is 0 Å². The molecule has 0 radical (unpaired) electrons. The number of esters is 1. The van der Waals surface area contributed by atoms with Gasteiger partial charge in [0.1, 0.15) is 18.8 Å². The highest BCUT2D eigenvalue weighted by molar-refractivity contribution is 5.86. The van der Waals surface area contributed by atoms with Gasteiger partial charge in [0, 0.05) is 43.1 Å². The summed E-state index contributed by atoms with van der Waals surface area (Å²) in [6, 6.07) is 0. The molecule has 0 saturated carbocycles. The highest BCUT2D eigenvalue weighted by atomic mass is 16.6. The Kier molecular flexibility index (Phi) is 20.3. The molecule has 1 rings (SSSR count). The summed E-state index contributed by atoms with van der Waals surface area (Å²) in [6.45, 7) is 10.8. The van der Waals surface area contributed by atoms with Crippen molar-refractivity contribution < 1.29 is 54.0 Å². The molecule has 11 nitrogen and oxygen atoms in total. The molecule has 1 saturated heterocycles. The Balaban J connectivity index is 0.000000952. The maximum absolute atomic E-state index is 10.7. The normalized spacial score (nSPS) is 19.0. The van der Waals surface area contributed by atoms with E-state index in [2.05, 4.69) is 6.58 Å². The van der Waals surface area contributed by atoms with Crippen LogP contribution in [-0.2, 0) is 28.5 Å². The van der Waals surface area contributed by atoms with Crippen LogP contribution in [0.15, 0.2) is 12.2 Å². The maximum Gasteiger partial charge on any atom is 0.333 e. The van der Waals surface area contributed by atoms with E-state index in [0.29, 0.717) is 32.0 Å². The van der Waals surface area contributed by atoms with E-state index in [1.54, 1.807) is 6.92 Å². The molecule has 35 heavy (non-hydrogen) atoms. The Morgan fingerprint density at radius 3 is 2.00 bits per heavy atom. The molecule has 208 valence electrons. The molecule has 1 heterocycles. The number of epoxide rings is 1. The Hall–Kier alpha value is -1.15. The molecular weight excluding hydrogens is 464 g/mol. The lowest BCUT2D eigenvalue weighted by Gasteiger charge is -2.24. The molecule has 1 aliphatic rings. The van der Waals surface area contributed by atoms with Gasteiger partial charge >= 0.3 is 5.97 Å².